The lowest BCUT2D eigenvalue weighted by Gasteiger charge is -2.22. The van der Waals surface area contributed by atoms with E-state index in [1.807, 2.05) is 19.2 Å². The summed E-state index contributed by atoms with van der Waals surface area (Å²) in [7, 11) is 3.77. The third-order valence-corrected chi connectivity index (χ3v) is 4.11. The summed E-state index contributed by atoms with van der Waals surface area (Å²) in [4.78, 5) is 18.0. The number of aliphatic imine (C=N–C) groups is 1. The molecule has 0 heterocycles. The summed E-state index contributed by atoms with van der Waals surface area (Å²) in [6, 6.07) is 7.41. The molecule has 0 aromatic heterocycles. The molecule has 0 aliphatic heterocycles. The van der Waals surface area contributed by atoms with Gasteiger partial charge < -0.3 is 19.7 Å². The lowest BCUT2D eigenvalue weighted by molar-refractivity contribution is 0.0526. The number of carbonyl (C=O) groups excluding carboxylic acids is 1. The molecule has 1 N–H and O–H groups in total. The minimum atomic E-state index is -0.288. The van der Waals surface area contributed by atoms with Crippen LogP contribution in [0.2, 0.25) is 0 Å². The summed E-state index contributed by atoms with van der Waals surface area (Å²) < 4.78 is 10.7. The highest BCUT2D eigenvalue weighted by molar-refractivity contribution is 14.0. The van der Waals surface area contributed by atoms with E-state index in [0.29, 0.717) is 25.3 Å². The first kappa shape index (κ1) is 22.7. The van der Waals surface area contributed by atoms with E-state index in [0.717, 1.165) is 30.6 Å². The lowest BCUT2D eigenvalue weighted by Crippen LogP contribution is -2.40. The minimum Gasteiger partial charge on any atom is -0.462 e. The number of halogens is 1. The van der Waals surface area contributed by atoms with E-state index in [9.17, 15) is 4.79 Å². The fourth-order valence-electron chi connectivity index (χ4n) is 2.38. The van der Waals surface area contributed by atoms with Crippen molar-refractivity contribution in [2.75, 3.05) is 40.5 Å². The normalized spacial score (nSPS) is 13.7. The fourth-order valence-corrected chi connectivity index (χ4v) is 2.38. The Labute approximate surface area is 173 Å². The first-order chi connectivity index (χ1) is 12.1. The molecule has 1 aromatic rings. The molecule has 0 atom stereocenters. The Morgan fingerprint density at radius 3 is 2.58 bits per heavy atom. The summed E-state index contributed by atoms with van der Waals surface area (Å²) >= 11 is 0. The second kappa shape index (κ2) is 12.1. The van der Waals surface area contributed by atoms with E-state index in [1.54, 1.807) is 26.1 Å². The molecular weight excluding hydrogens is 445 g/mol. The van der Waals surface area contributed by atoms with Gasteiger partial charge >= 0.3 is 5.97 Å². The average molecular weight is 475 g/mol. The Morgan fingerprint density at radius 2 is 2.00 bits per heavy atom. The molecule has 1 fully saturated rings. The quantitative estimate of drug-likeness (QED) is 0.196. The predicted molar refractivity (Wildman–Crippen MR) is 114 cm³/mol. The lowest BCUT2D eigenvalue weighted by atomic mass is 10.1. The Morgan fingerprint density at radius 1 is 1.31 bits per heavy atom. The largest absolute Gasteiger partial charge is 0.462 e. The number of carbonyl (C=O) groups is 1. The van der Waals surface area contributed by atoms with Gasteiger partial charge in [0.2, 0.25) is 0 Å². The van der Waals surface area contributed by atoms with E-state index < -0.39 is 0 Å². The number of guanidine groups is 1. The van der Waals surface area contributed by atoms with Crippen LogP contribution in [-0.4, -0.2) is 57.3 Å². The van der Waals surface area contributed by atoms with Crippen molar-refractivity contribution in [1.29, 1.82) is 0 Å². The van der Waals surface area contributed by atoms with Crippen molar-refractivity contribution in [2.24, 2.45) is 10.9 Å². The van der Waals surface area contributed by atoms with Gasteiger partial charge in [-0.1, -0.05) is 12.1 Å². The number of hydrogen-bond acceptors (Lipinski definition) is 4. The highest BCUT2D eigenvalue weighted by Gasteiger charge is 2.21. The second-order valence-corrected chi connectivity index (χ2v) is 6.26. The van der Waals surface area contributed by atoms with Gasteiger partial charge in [0.15, 0.2) is 5.96 Å². The third kappa shape index (κ3) is 7.90. The monoisotopic (exact) mass is 475 g/mol. The number of nitrogens with one attached hydrogen (secondary N) is 1. The Hall–Kier alpha value is -1.35. The first-order valence-corrected chi connectivity index (χ1v) is 8.89. The zero-order valence-corrected chi connectivity index (χ0v) is 18.2. The molecule has 26 heavy (non-hydrogen) atoms. The molecule has 6 nitrogen and oxygen atoms in total. The van der Waals surface area contributed by atoms with Crippen LogP contribution in [0.5, 0.6) is 0 Å². The summed E-state index contributed by atoms with van der Waals surface area (Å²) in [5.74, 6) is 1.33. The summed E-state index contributed by atoms with van der Waals surface area (Å²) in [6.07, 6.45) is 2.63. The van der Waals surface area contributed by atoms with Crippen LogP contribution in [0.1, 0.15) is 35.7 Å². The van der Waals surface area contributed by atoms with Crippen LogP contribution in [0.25, 0.3) is 0 Å². The van der Waals surface area contributed by atoms with E-state index in [2.05, 4.69) is 15.2 Å². The van der Waals surface area contributed by atoms with Crippen molar-refractivity contribution in [2.45, 2.75) is 26.3 Å². The van der Waals surface area contributed by atoms with Crippen molar-refractivity contribution in [1.82, 2.24) is 10.2 Å². The van der Waals surface area contributed by atoms with Gasteiger partial charge in [-0.15, -0.1) is 24.0 Å². The van der Waals surface area contributed by atoms with Gasteiger partial charge in [-0.2, -0.15) is 0 Å². The number of ether oxygens (including phenoxy) is 2. The molecular formula is C19H30IN3O3. The molecule has 7 heteroatoms. The standard InChI is InChI=1S/C19H29N3O3.HI/c1-4-25-18(23)17-9-7-15(8-10-17)13-21-19(20-2)22(3)11-12-24-14-16-5-6-16;/h7-10,16H,4-6,11-14H2,1-3H3,(H,20,21);1H. The fraction of sp³-hybridized carbons (Fsp3) is 0.579. The number of nitrogens with zero attached hydrogens (tertiary/aromatic N) is 2. The third-order valence-electron chi connectivity index (χ3n) is 4.11. The van der Waals surface area contributed by atoms with Gasteiger partial charge in [-0.05, 0) is 43.4 Å². The second-order valence-electron chi connectivity index (χ2n) is 6.26. The van der Waals surface area contributed by atoms with Crippen molar-refractivity contribution < 1.29 is 14.3 Å². The van der Waals surface area contributed by atoms with Crippen LogP contribution in [0.15, 0.2) is 29.3 Å². The SMILES string of the molecule is CCOC(=O)c1ccc(CNC(=NC)N(C)CCOCC2CC2)cc1.I. The Balaban J connectivity index is 0.00000338. The minimum absolute atomic E-state index is 0. The highest BCUT2D eigenvalue weighted by atomic mass is 127. The Kier molecular flexibility index (Phi) is 10.6. The molecule has 146 valence electrons. The van der Waals surface area contributed by atoms with E-state index in [1.165, 1.54) is 12.8 Å². The molecule has 0 unspecified atom stereocenters. The van der Waals surface area contributed by atoms with Crippen molar-refractivity contribution in [3.05, 3.63) is 35.4 Å². The van der Waals surface area contributed by atoms with Crippen LogP contribution < -0.4 is 5.32 Å². The van der Waals surface area contributed by atoms with Gasteiger partial charge in [0.25, 0.3) is 0 Å². The number of esters is 1. The summed E-state index contributed by atoms with van der Waals surface area (Å²) in [5, 5.41) is 3.33. The maximum Gasteiger partial charge on any atom is 0.338 e. The van der Waals surface area contributed by atoms with Crippen LogP contribution in [0, 0.1) is 5.92 Å². The highest BCUT2D eigenvalue weighted by Crippen LogP contribution is 2.28. The molecule has 1 saturated carbocycles. The molecule has 1 aliphatic carbocycles. The maximum absolute atomic E-state index is 11.7. The summed E-state index contributed by atoms with van der Waals surface area (Å²) in [6.45, 7) is 5.22. The molecule has 1 aromatic carbocycles. The van der Waals surface area contributed by atoms with Crippen LogP contribution >= 0.6 is 24.0 Å². The molecule has 1 aliphatic rings. The Bertz CT molecular complexity index is 574. The molecule has 0 bridgehead atoms. The average Bonchev–Trinajstić information content (AvgIpc) is 3.44. The zero-order valence-electron chi connectivity index (χ0n) is 15.9. The summed E-state index contributed by atoms with van der Waals surface area (Å²) in [5.41, 5.74) is 1.65. The van der Waals surface area contributed by atoms with Gasteiger partial charge in [0.1, 0.15) is 0 Å². The number of rotatable bonds is 9. The van der Waals surface area contributed by atoms with Crippen molar-refractivity contribution in [3.8, 4) is 0 Å². The van der Waals surface area contributed by atoms with Gasteiger partial charge in [0.05, 0.1) is 18.8 Å². The van der Waals surface area contributed by atoms with Crippen molar-refractivity contribution >= 4 is 35.9 Å². The smallest absolute Gasteiger partial charge is 0.338 e. The molecule has 0 saturated heterocycles. The van der Waals surface area contributed by atoms with Gasteiger partial charge in [-0.25, -0.2) is 4.79 Å². The van der Waals surface area contributed by atoms with Crippen LogP contribution in [0.4, 0.5) is 0 Å². The van der Waals surface area contributed by atoms with Crippen LogP contribution in [0.3, 0.4) is 0 Å². The van der Waals surface area contributed by atoms with E-state index in [-0.39, 0.29) is 29.9 Å². The molecule has 0 radical (unpaired) electrons. The van der Waals surface area contributed by atoms with Crippen molar-refractivity contribution in [3.63, 3.8) is 0 Å². The molecule has 2 rings (SSSR count). The first-order valence-electron chi connectivity index (χ1n) is 8.89. The molecule has 0 amide bonds. The van der Waals surface area contributed by atoms with E-state index >= 15 is 0 Å². The zero-order chi connectivity index (χ0) is 18.1. The van der Waals surface area contributed by atoms with Crippen LogP contribution in [-0.2, 0) is 16.0 Å². The van der Waals surface area contributed by atoms with Gasteiger partial charge in [-0.3, -0.25) is 4.99 Å². The van der Waals surface area contributed by atoms with E-state index in [4.69, 9.17) is 9.47 Å². The topological polar surface area (TPSA) is 63.2 Å². The number of benzene rings is 1. The maximum atomic E-state index is 11.7. The molecule has 0 spiro atoms. The predicted octanol–water partition coefficient (Wildman–Crippen LogP) is 2.92. The van der Waals surface area contributed by atoms with Gasteiger partial charge in [0, 0.05) is 33.8 Å². The number of hydrogen-bond donors (Lipinski definition) is 1. The number of likely N-dealkylation sites (N-methyl/N-ethyl adjacent to an activating group) is 1.